The monoisotopic (exact) mass is 698 g/mol. The van der Waals surface area contributed by atoms with Crippen molar-refractivity contribution >= 4 is 17.5 Å². The van der Waals surface area contributed by atoms with E-state index >= 15 is 0 Å². The largest absolute Gasteiger partial charge is 0.508 e. The van der Waals surface area contributed by atoms with Crippen molar-refractivity contribution in [3.05, 3.63) is 114 Å². The van der Waals surface area contributed by atoms with E-state index in [1.54, 1.807) is 12.1 Å². The van der Waals surface area contributed by atoms with Gasteiger partial charge < -0.3 is 29.6 Å². The normalized spacial score (nSPS) is 26.0. The third-order valence-corrected chi connectivity index (χ3v) is 11.7. The van der Waals surface area contributed by atoms with Crippen LogP contribution in [-0.2, 0) is 22.6 Å². The number of pyridine rings is 1. The summed E-state index contributed by atoms with van der Waals surface area (Å²) in [6.07, 6.45) is 14.4. The molecule has 6 atom stereocenters. The first-order chi connectivity index (χ1) is 24.6. The van der Waals surface area contributed by atoms with Gasteiger partial charge >= 0.3 is 0 Å². The SMILES string of the molecule is C=CCO[C@@]12Oc3ccc(O)cc3[C@H]3[C@H](CCCCO)[C@@H](CCCCO)C=C(C(=NOCc4ccccc4)C[C@@H]1SCCc1ccncc1)[C@H]32. The van der Waals surface area contributed by atoms with Crippen LogP contribution >= 0.6 is 11.8 Å². The van der Waals surface area contributed by atoms with E-state index in [1.807, 2.05) is 66.6 Å². The van der Waals surface area contributed by atoms with Gasteiger partial charge in [-0.2, -0.15) is 11.8 Å². The molecule has 1 aromatic heterocycles. The number of allylic oxidation sites excluding steroid dienone is 1. The Labute approximate surface area is 300 Å². The zero-order valence-corrected chi connectivity index (χ0v) is 29.6. The van der Waals surface area contributed by atoms with Gasteiger partial charge in [-0.25, -0.2) is 0 Å². The molecule has 2 aromatic carbocycles. The number of aryl methyl sites for hydroxylation is 1. The predicted octanol–water partition coefficient (Wildman–Crippen LogP) is 7.60. The molecule has 50 heavy (non-hydrogen) atoms. The van der Waals surface area contributed by atoms with Gasteiger partial charge in [0.15, 0.2) is 0 Å². The van der Waals surface area contributed by atoms with Gasteiger partial charge in [0, 0.05) is 43.5 Å². The van der Waals surface area contributed by atoms with Crippen LogP contribution in [0.25, 0.3) is 0 Å². The van der Waals surface area contributed by atoms with E-state index in [9.17, 15) is 15.3 Å². The number of phenols is 1. The summed E-state index contributed by atoms with van der Waals surface area (Å²) < 4.78 is 14.1. The number of phenolic OH excluding ortho intramolecular Hbond substituents is 1. The number of aromatic nitrogens is 1. The van der Waals surface area contributed by atoms with Gasteiger partial charge in [0.1, 0.15) is 18.1 Å². The highest BCUT2D eigenvalue weighted by Gasteiger charge is 2.63. The highest BCUT2D eigenvalue weighted by molar-refractivity contribution is 8.00. The van der Waals surface area contributed by atoms with Gasteiger partial charge in [-0.05, 0) is 96.7 Å². The summed E-state index contributed by atoms with van der Waals surface area (Å²) >= 11 is 1.84. The molecule has 2 aliphatic carbocycles. The van der Waals surface area contributed by atoms with Crippen molar-refractivity contribution in [2.24, 2.45) is 22.9 Å². The van der Waals surface area contributed by atoms with E-state index in [4.69, 9.17) is 19.5 Å². The summed E-state index contributed by atoms with van der Waals surface area (Å²) in [5.74, 6) is 0.866. The van der Waals surface area contributed by atoms with Crippen LogP contribution < -0.4 is 4.74 Å². The number of benzene rings is 2. The number of rotatable bonds is 18. The molecule has 3 N–H and O–H groups in total. The lowest BCUT2D eigenvalue weighted by Gasteiger charge is -2.58. The Bertz CT molecular complexity index is 1600. The molecule has 3 aromatic rings. The number of nitrogens with zero attached hydrogens (tertiary/aromatic N) is 2. The van der Waals surface area contributed by atoms with Crippen LogP contribution in [0.3, 0.4) is 0 Å². The smallest absolute Gasteiger partial charge is 0.230 e. The Balaban J connectivity index is 1.47. The molecule has 6 rings (SSSR count). The van der Waals surface area contributed by atoms with Gasteiger partial charge in [-0.15, -0.1) is 6.58 Å². The van der Waals surface area contributed by atoms with Crippen LogP contribution in [0.4, 0.5) is 0 Å². The van der Waals surface area contributed by atoms with E-state index in [-0.39, 0.29) is 47.9 Å². The number of aliphatic hydroxyl groups is 2. The first-order valence-corrected chi connectivity index (χ1v) is 19.1. The lowest BCUT2D eigenvalue weighted by Crippen LogP contribution is -2.64. The number of unbranched alkanes of at least 4 members (excludes halogenated alkanes) is 2. The first-order valence-electron chi connectivity index (χ1n) is 18.0. The van der Waals surface area contributed by atoms with Gasteiger partial charge in [0.05, 0.1) is 23.5 Å². The molecule has 9 heteroatoms. The van der Waals surface area contributed by atoms with Crippen molar-refractivity contribution in [2.75, 3.05) is 25.6 Å². The van der Waals surface area contributed by atoms with Crippen molar-refractivity contribution in [2.45, 2.75) is 74.9 Å². The van der Waals surface area contributed by atoms with Gasteiger partial charge in [0.25, 0.3) is 0 Å². The Kier molecular flexibility index (Phi) is 12.7. The molecule has 1 fully saturated rings. The van der Waals surface area contributed by atoms with Crippen LogP contribution in [0, 0.1) is 17.8 Å². The zero-order valence-electron chi connectivity index (χ0n) is 28.7. The van der Waals surface area contributed by atoms with Crippen LogP contribution in [0.15, 0.2) is 103 Å². The maximum atomic E-state index is 10.9. The summed E-state index contributed by atoms with van der Waals surface area (Å²) in [7, 11) is 0. The van der Waals surface area contributed by atoms with Crippen LogP contribution in [0.1, 0.15) is 67.6 Å². The number of thioether (sulfide) groups is 1. The van der Waals surface area contributed by atoms with E-state index < -0.39 is 5.79 Å². The average Bonchev–Trinajstić information content (AvgIpc) is 3.14. The Morgan fingerprint density at radius 2 is 1.76 bits per heavy atom. The van der Waals surface area contributed by atoms with Gasteiger partial charge in [0.2, 0.25) is 5.79 Å². The maximum absolute atomic E-state index is 10.9. The molecule has 1 aliphatic heterocycles. The highest BCUT2D eigenvalue weighted by Crippen LogP contribution is 2.62. The molecular formula is C41H50N2O6S. The molecule has 2 heterocycles. The van der Waals surface area contributed by atoms with E-state index in [1.165, 1.54) is 5.56 Å². The molecule has 0 radical (unpaired) electrons. The molecule has 8 nitrogen and oxygen atoms in total. The Morgan fingerprint density at radius 3 is 2.52 bits per heavy atom. The second kappa shape index (κ2) is 17.5. The van der Waals surface area contributed by atoms with Crippen molar-refractivity contribution in [1.29, 1.82) is 0 Å². The summed E-state index contributed by atoms with van der Waals surface area (Å²) in [6, 6.07) is 19.6. The summed E-state index contributed by atoms with van der Waals surface area (Å²) in [6.45, 7) is 4.99. The maximum Gasteiger partial charge on any atom is 0.230 e. The molecule has 0 amide bonds. The van der Waals surface area contributed by atoms with Gasteiger partial charge in [-0.1, -0.05) is 60.5 Å². The molecule has 0 saturated heterocycles. The van der Waals surface area contributed by atoms with Crippen molar-refractivity contribution in [3.8, 4) is 11.5 Å². The van der Waals surface area contributed by atoms with Crippen molar-refractivity contribution in [1.82, 2.24) is 4.98 Å². The lowest BCUT2D eigenvalue weighted by molar-refractivity contribution is -0.223. The van der Waals surface area contributed by atoms with E-state index in [0.29, 0.717) is 19.6 Å². The van der Waals surface area contributed by atoms with Crippen molar-refractivity contribution < 1.29 is 29.6 Å². The molecule has 0 spiro atoms. The quantitative estimate of drug-likeness (QED) is 0.0708. The van der Waals surface area contributed by atoms with Crippen LogP contribution in [0.5, 0.6) is 11.5 Å². The minimum absolute atomic E-state index is 0.0450. The van der Waals surface area contributed by atoms with E-state index in [0.717, 1.165) is 78.9 Å². The minimum atomic E-state index is -1.03. The minimum Gasteiger partial charge on any atom is -0.508 e. The predicted molar refractivity (Wildman–Crippen MR) is 198 cm³/mol. The molecule has 0 unspecified atom stereocenters. The van der Waals surface area contributed by atoms with Gasteiger partial charge in [-0.3, -0.25) is 4.98 Å². The van der Waals surface area contributed by atoms with E-state index in [2.05, 4.69) is 29.8 Å². The highest BCUT2D eigenvalue weighted by atomic mass is 32.2. The fourth-order valence-corrected chi connectivity index (χ4v) is 9.52. The fraction of sp³-hybridized carbons (Fsp3) is 0.463. The third kappa shape index (κ3) is 8.12. The Morgan fingerprint density at radius 1 is 0.980 bits per heavy atom. The first kappa shape index (κ1) is 36.2. The summed E-state index contributed by atoms with van der Waals surface area (Å²) in [5.41, 5.74) is 5.24. The number of ether oxygens (including phenoxy) is 2. The third-order valence-electron chi connectivity index (χ3n) is 10.3. The summed E-state index contributed by atoms with van der Waals surface area (Å²) in [5, 5.41) is 35.1. The standard InChI is InChI=1S/C41H50N2O6S/c1-2-23-47-41-38(50-24-18-29-16-19-42-20-17-29)27-36(43-48-28-30-10-4-3-5-11-30)34-25-31(12-6-8-21-44)33(13-7-9-22-45)39(40(34)41)35-26-32(46)14-15-37(35)49-41/h2-5,10-11,14-17,19-20,25-26,31,33,38-40,44-46H,1,6-9,12-13,18,21-24,27-28H2/t31-,33+,38-,39+,40+,41+/m0/s1. The number of fused-ring (bicyclic) bond motifs is 2. The van der Waals surface area contributed by atoms with Crippen LogP contribution in [-0.4, -0.2) is 62.6 Å². The molecular weight excluding hydrogens is 649 g/mol. The number of hydrogen-bond donors (Lipinski definition) is 3. The van der Waals surface area contributed by atoms with Crippen molar-refractivity contribution in [3.63, 3.8) is 0 Å². The molecule has 266 valence electrons. The second-order valence-electron chi connectivity index (χ2n) is 13.5. The zero-order chi connectivity index (χ0) is 34.8. The average molecular weight is 699 g/mol. The molecule has 1 saturated carbocycles. The number of aliphatic hydroxyl groups excluding tert-OH is 2. The number of aromatic hydroxyl groups is 1. The fourth-order valence-electron chi connectivity index (χ4n) is 8.11. The number of hydrogen-bond acceptors (Lipinski definition) is 9. The van der Waals surface area contributed by atoms with Crippen LogP contribution in [0.2, 0.25) is 0 Å². The Hall–Kier alpha value is -3.63. The topological polar surface area (TPSA) is 114 Å². The molecule has 0 bridgehead atoms. The molecule has 3 aliphatic rings. The second-order valence-corrected chi connectivity index (χ2v) is 14.8. The summed E-state index contributed by atoms with van der Waals surface area (Å²) in [4.78, 5) is 10.3. The lowest BCUT2D eigenvalue weighted by atomic mass is 9.56. The number of oxime groups is 1.